The van der Waals surface area contributed by atoms with Gasteiger partial charge < -0.3 is 10.1 Å². The summed E-state index contributed by atoms with van der Waals surface area (Å²) in [6, 6.07) is 6.26. The van der Waals surface area contributed by atoms with E-state index in [0.717, 1.165) is 6.42 Å². The van der Waals surface area contributed by atoms with Crippen molar-refractivity contribution < 1.29 is 17.9 Å². The summed E-state index contributed by atoms with van der Waals surface area (Å²) in [7, 11) is -3.61. The van der Waals surface area contributed by atoms with Crippen molar-refractivity contribution in [2.45, 2.75) is 44.6 Å². The fraction of sp³-hybridized carbons (Fsp3) is 0.533. The lowest BCUT2D eigenvalue weighted by Crippen LogP contribution is -2.35. The van der Waals surface area contributed by atoms with Crippen LogP contribution in [0.1, 0.15) is 33.6 Å². The van der Waals surface area contributed by atoms with E-state index in [1.165, 1.54) is 12.1 Å². The Labute approximate surface area is 132 Å². The number of carbonyl (C=O) groups is 1. The fourth-order valence-corrected chi connectivity index (χ4v) is 2.74. The molecule has 7 heteroatoms. The van der Waals surface area contributed by atoms with Crippen molar-refractivity contribution in [3.63, 3.8) is 0 Å². The molecule has 1 atom stereocenters. The summed E-state index contributed by atoms with van der Waals surface area (Å²) < 4.78 is 31.8. The second-order valence-corrected chi connectivity index (χ2v) is 6.70. The first-order valence-corrected chi connectivity index (χ1v) is 8.89. The molecule has 2 N–H and O–H groups in total. The summed E-state index contributed by atoms with van der Waals surface area (Å²) in [5.41, 5.74) is 0. The number of benzene rings is 1. The van der Waals surface area contributed by atoms with E-state index < -0.39 is 10.0 Å². The molecule has 0 saturated heterocycles. The smallest absolute Gasteiger partial charge is 0.240 e. The molecule has 22 heavy (non-hydrogen) atoms. The van der Waals surface area contributed by atoms with Crippen LogP contribution in [0, 0.1) is 0 Å². The molecule has 0 aliphatic heterocycles. The Morgan fingerprint density at radius 3 is 2.41 bits per heavy atom. The average molecular weight is 328 g/mol. The molecule has 0 unspecified atom stereocenters. The molecule has 0 radical (unpaired) electrons. The van der Waals surface area contributed by atoms with Gasteiger partial charge in [-0.05, 0) is 44.5 Å². The maximum Gasteiger partial charge on any atom is 0.240 e. The monoisotopic (exact) mass is 328 g/mol. The van der Waals surface area contributed by atoms with Gasteiger partial charge in [-0.15, -0.1) is 0 Å². The van der Waals surface area contributed by atoms with Crippen LogP contribution in [-0.2, 0) is 14.8 Å². The van der Waals surface area contributed by atoms with E-state index in [0.29, 0.717) is 12.4 Å². The number of amides is 1. The van der Waals surface area contributed by atoms with Crippen molar-refractivity contribution in [2.75, 3.05) is 13.2 Å². The molecule has 0 bridgehead atoms. The average Bonchev–Trinajstić information content (AvgIpc) is 2.47. The summed E-state index contributed by atoms with van der Waals surface area (Å²) in [6.07, 6.45) is 0.949. The highest BCUT2D eigenvalue weighted by atomic mass is 32.2. The van der Waals surface area contributed by atoms with Crippen LogP contribution >= 0.6 is 0 Å². The molecule has 1 aromatic carbocycles. The van der Waals surface area contributed by atoms with Crippen LogP contribution < -0.4 is 14.8 Å². The van der Waals surface area contributed by atoms with Gasteiger partial charge >= 0.3 is 0 Å². The Morgan fingerprint density at radius 2 is 1.86 bits per heavy atom. The van der Waals surface area contributed by atoms with Gasteiger partial charge in [0.1, 0.15) is 5.75 Å². The summed E-state index contributed by atoms with van der Waals surface area (Å²) in [5, 5.41) is 2.79. The van der Waals surface area contributed by atoms with E-state index in [-0.39, 0.29) is 29.8 Å². The van der Waals surface area contributed by atoms with Gasteiger partial charge in [0.15, 0.2) is 0 Å². The Morgan fingerprint density at radius 1 is 1.23 bits per heavy atom. The fourth-order valence-electron chi connectivity index (χ4n) is 1.71. The number of nitrogens with one attached hydrogen (secondary N) is 2. The minimum Gasteiger partial charge on any atom is -0.494 e. The van der Waals surface area contributed by atoms with Gasteiger partial charge in [0.2, 0.25) is 15.9 Å². The lowest BCUT2D eigenvalue weighted by molar-refractivity contribution is -0.121. The van der Waals surface area contributed by atoms with E-state index in [2.05, 4.69) is 10.0 Å². The predicted molar refractivity (Wildman–Crippen MR) is 85.3 cm³/mol. The molecule has 0 aliphatic carbocycles. The zero-order chi connectivity index (χ0) is 16.6. The molecular formula is C15H24N2O4S. The lowest BCUT2D eigenvalue weighted by Gasteiger charge is -2.12. The number of hydrogen-bond donors (Lipinski definition) is 2. The Bertz CT molecular complexity index is 570. The lowest BCUT2D eigenvalue weighted by atomic mass is 10.2. The van der Waals surface area contributed by atoms with Crippen molar-refractivity contribution in [2.24, 2.45) is 0 Å². The van der Waals surface area contributed by atoms with Gasteiger partial charge in [-0.25, -0.2) is 13.1 Å². The zero-order valence-electron chi connectivity index (χ0n) is 13.3. The minimum atomic E-state index is -3.61. The minimum absolute atomic E-state index is 0.0673. The number of carbonyl (C=O) groups excluding carboxylic acids is 1. The largest absolute Gasteiger partial charge is 0.494 e. The normalized spacial score (nSPS) is 12.7. The van der Waals surface area contributed by atoms with Gasteiger partial charge in [-0.2, -0.15) is 0 Å². The molecule has 1 aromatic rings. The summed E-state index contributed by atoms with van der Waals surface area (Å²) >= 11 is 0. The number of rotatable bonds is 9. The molecule has 1 amide bonds. The second kappa shape index (κ2) is 8.75. The van der Waals surface area contributed by atoms with Crippen LogP contribution in [0.2, 0.25) is 0 Å². The van der Waals surface area contributed by atoms with Crippen LogP contribution in [0.25, 0.3) is 0 Å². The highest BCUT2D eigenvalue weighted by Gasteiger charge is 2.14. The van der Waals surface area contributed by atoms with Crippen LogP contribution in [0.5, 0.6) is 5.75 Å². The third-order valence-electron chi connectivity index (χ3n) is 3.11. The Hall–Kier alpha value is -1.60. The summed E-state index contributed by atoms with van der Waals surface area (Å²) in [5.74, 6) is 0.457. The van der Waals surface area contributed by atoms with Crippen LogP contribution in [0.3, 0.4) is 0 Å². The number of sulfonamides is 1. The first-order valence-electron chi connectivity index (χ1n) is 7.41. The van der Waals surface area contributed by atoms with Crippen molar-refractivity contribution in [1.29, 1.82) is 0 Å². The summed E-state index contributed by atoms with van der Waals surface area (Å²) in [4.78, 5) is 11.7. The van der Waals surface area contributed by atoms with E-state index in [1.54, 1.807) is 12.1 Å². The van der Waals surface area contributed by atoms with Gasteiger partial charge in [0, 0.05) is 19.0 Å². The van der Waals surface area contributed by atoms with Gasteiger partial charge in [-0.1, -0.05) is 6.92 Å². The van der Waals surface area contributed by atoms with Crippen molar-refractivity contribution >= 4 is 15.9 Å². The van der Waals surface area contributed by atoms with Gasteiger partial charge in [0.05, 0.1) is 11.5 Å². The predicted octanol–water partition coefficient (Wildman–Crippen LogP) is 1.67. The summed E-state index contributed by atoms with van der Waals surface area (Å²) in [6.45, 7) is 6.33. The zero-order valence-corrected chi connectivity index (χ0v) is 14.1. The molecule has 6 nitrogen and oxygen atoms in total. The van der Waals surface area contributed by atoms with Crippen molar-refractivity contribution in [3.8, 4) is 5.75 Å². The Balaban J connectivity index is 2.51. The molecule has 0 saturated carbocycles. The SMILES string of the molecule is CCOc1ccc(S(=O)(=O)NCCC(=O)N[C@@H](C)CC)cc1. The molecule has 0 spiro atoms. The standard InChI is InChI=1S/C15H24N2O4S/c1-4-12(3)17-15(18)10-11-16-22(19,20)14-8-6-13(7-9-14)21-5-2/h6-9,12,16H,4-5,10-11H2,1-3H3,(H,17,18)/t12-/m0/s1. The third kappa shape index (κ3) is 6.03. The highest BCUT2D eigenvalue weighted by molar-refractivity contribution is 7.89. The second-order valence-electron chi connectivity index (χ2n) is 4.93. The van der Waals surface area contributed by atoms with Gasteiger partial charge in [-0.3, -0.25) is 4.79 Å². The first-order chi connectivity index (χ1) is 10.4. The van der Waals surface area contributed by atoms with Gasteiger partial charge in [0.25, 0.3) is 0 Å². The molecule has 1 rings (SSSR count). The van der Waals surface area contributed by atoms with Crippen LogP contribution in [0.4, 0.5) is 0 Å². The molecule has 0 aromatic heterocycles. The molecule has 124 valence electrons. The molecule has 0 heterocycles. The quantitative estimate of drug-likeness (QED) is 0.722. The molecule has 0 fully saturated rings. The van der Waals surface area contributed by atoms with Crippen molar-refractivity contribution in [3.05, 3.63) is 24.3 Å². The number of hydrogen-bond acceptors (Lipinski definition) is 4. The first kappa shape index (κ1) is 18.4. The van der Waals surface area contributed by atoms with E-state index >= 15 is 0 Å². The van der Waals surface area contributed by atoms with Crippen molar-refractivity contribution in [1.82, 2.24) is 10.0 Å². The van der Waals surface area contributed by atoms with E-state index in [4.69, 9.17) is 4.74 Å². The highest BCUT2D eigenvalue weighted by Crippen LogP contribution is 2.15. The van der Waals surface area contributed by atoms with E-state index in [9.17, 15) is 13.2 Å². The van der Waals surface area contributed by atoms with E-state index in [1.807, 2.05) is 20.8 Å². The van der Waals surface area contributed by atoms with Crippen LogP contribution in [-0.4, -0.2) is 33.5 Å². The maximum absolute atomic E-state index is 12.1. The topological polar surface area (TPSA) is 84.5 Å². The third-order valence-corrected chi connectivity index (χ3v) is 4.59. The molecule has 0 aliphatic rings. The maximum atomic E-state index is 12.1. The van der Waals surface area contributed by atoms with Crippen LogP contribution in [0.15, 0.2) is 29.2 Å². The number of ether oxygens (including phenoxy) is 1. The molecular weight excluding hydrogens is 304 g/mol. The Kier molecular flexibility index (Phi) is 7.34.